The summed E-state index contributed by atoms with van der Waals surface area (Å²) in [4.78, 5) is 22.4. The van der Waals surface area contributed by atoms with Crippen molar-refractivity contribution in [3.8, 4) is 0 Å². The van der Waals surface area contributed by atoms with E-state index < -0.39 is 5.97 Å². The standard InChI is InChI=1S/C13H14ClNO3/c1-9(10-5-3-4-6-11(10)14)7-12(16)15-8-13(17)18-2/h3-7H,8H2,1-2H3,(H,15,16)/b9-7-. The summed E-state index contributed by atoms with van der Waals surface area (Å²) in [6.45, 7) is 1.63. The highest BCUT2D eigenvalue weighted by Crippen LogP contribution is 2.22. The lowest BCUT2D eigenvalue weighted by Gasteiger charge is -2.05. The first kappa shape index (κ1) is 14.3. The molecular formula is C13H14ClNO3. The van der Waals surface area contributed by atoms with E-state index in [9.17, 15) is 9.59 Å². The van der Waals surface area contributed by atoms with Crippen LogP contribution in [0.25, 0.3) is 5.57 Å². The summed E-state index contributed by atoms with van der Waals surface area (Å²) < 4.78 is 4.41. The molecule has 0 fully saturated rings. The van der Waals surface area contributed by atoms with Crippen molar-refractivity contribution in [2.45, 2.75) is 6.92 Å². The van der Waals surface area contributed by atoms with Gasteiger partial charge in [-0.25, -0.2) is 0 Å². The number of esters is 1. The molecule has 0 atom stereocenters. The molecule has 0 unspecified atom stereocenters. The van der Waals surface area contributed by atoms with Crippen LogP contribution < -0.4 is 5.32 Å². The largest absolute Gasteiger partial charge is 0.468 e. The molecule has 0 saturated heterocycles. The third-order valence-electron chi connectivity index (χ3n) is 2.28. The van der Waals surface area contributed by atoms with Crippen LogP contribution in [-0.4, -0.2) is 25.5 Å². The van der Waals surface area contributed by atoms with Gasteiger partial charge in [-0.2, -0.15) is 0 Å². The highest BCUT2D eigenvalue weighted by molar-refractivity contribution is 6.32. The van der Waals surface area contributed by atoms with Gasteiger partial charge in [0, 0.05) is 11.1 Å². The van der Waals surface area contributed by atoms with Crippen molar-refractivity contribution in [3.63, 3.8) is 0 Å². The second kappa shape index (κ2) is 6.81. The van der Waals surface area contributed by atoms with Gasteiger partial charge in [-0.15, -0.1) is 0 Å². The highest BCUT2D eigenvalue weighted by Gasteiger charge is 2.05. The van der Waals surface area contributed by atoms with Crippen molar-refractivity contribution in [3.05, 3.63) is 40.9 Å². The second-order valence-electron chi connectivity index (χ2n) is 3.60. The number of rotatable bonds is 4. The molecule has 0 aliphatic rings. The molecule has 0 spiro atoms. The van der Waals surface area contributed by atoms with Crippen molar-refractivity contribution < 1.29 is 14.3 Å². The third-order valence-corrected chi connectivity index (χ3v) is 2.61. The van der Waals surface area contributed by atoms with Gasteiger partial charge in [-0.3, -0.25) is 9.59 Å². The molecule has 0 radical (unpaired) electrons. The van der Waals surface area contributed by atoms with Gasteiger partial charge in [0.25, 0.3) is 0 Å². The summed E-state index contributed by atoms with van der Waals surface area (Å²) in [6, 6.07) is 7.23. The summed E-state index contributed by atoms with van der Waals surface area (Å²) in [5.74, 6) is -0.857. The van der Waals surface area contributed by atoms with Crippen LogP contribution in [0, 0.1) is 0 Å². The second-order valence-corrected chi connectivity index (χ2v) is 4.01. The smallest absolute Gasteiger partial charge is 0.325 e. The Morgan fingerprint density at radius 2 is 2.06 bits per heavy atom. The fraction of sp³-hybridized carbons (Fsp3) is 0.231. The van der Waals surface area contributed by atoms with E-state index in [0.29, 0.717) is 5.02 Å². The quantitative estimate of drug-likeness (QED) is 0.671. The SMILES string of the molecule is COC(=O)CNC(=O)/C=C(/C)c1ccccc1Cl. The minimum atomic E-state index is -0.493. The number of carbonyl (C=O) groups excluding carboxylic acids is 2. The molecule has 0 bridgehead atoms. The number of benzene rings is 1. The minimum absolute atomic E-state index is 0.151. The summed E-state index contributed by atoms with van der Waals surface area (Å²) in [5, 5.41) is 3.00. The topological polar surface area (TPSA) is 55.4 Å². The van der Waals surface area contributed by atoms with E-state index in [1.165, 1.54) is 13.2 Å². The van der Waals surface area contributed by atoms with Gasteiger partial charge in [0.05, 0.1) is 7.11 Å². The number of hydrogen-bond donors (Lipinski definition) is 1. The predicted molar refractivity (Wildman–Crippen MR) is 70.1 cm³/mol. The fourth-order valence-corrected chi connectivity index (χ4v) is 1.62. The number of halogens is 1. The average Bonchev–Trinajstić information content (AvgIpc) is 2.36. The molecule has 0 saturated carbocycles. The van der Waals surface area contributed by atoms with Crippen LogP contribution in [0.3, 0.4) is 0 Å². The lowest BCUT2D eigenvalue weighted by atomic mass is 10.1. The maximum absolute atomic E-state index is 11.5. The number of allylic oxidation sites excluding steroid dienone is 1. The van der Waals surface area contributed by atoms with Crippen LogP contribution in [-0.2, 0) is 14.3 Å². The molecule has 1 rings (SSSR count). The van der Waals surface area contributed by atoms with E-state index in [1.54, 1.807) is 13.0 Å². The Morgan fingerprint density at radius 3 is 2.67 bits per heavy atom. The number of amides is 1. The molecule has 0 heterocycles. The van der Waals surface area contributed by atoms with E-state index in [0.717, 1.165) is 11.1 Å². The lowest BCUT2D eigenvalue weighted by molar-refractivity contribution is -0.140. The number of methoxy groups -OCH3 is 1. The van der Waals surface area contributed by atoms with Crippen LogP contribution >= 0.6 is 11.6 Å². The lowest BCUT2D eigenvalue weighted by Crippen LogP contribution is -2.28. The zero-order chi connectivity index (χ0) is 13.5. The van der Waals surface area contributed by atoms with Crippen LogP contribution in [0.15, 0.2) is 30.3 Å². The van der Waals surface area contributed by atoms with Gasteiger partial charge >= 0.3 is 5.97 Å². The zero-order valence-electron chi connectivity index (χ0n) is 10.2. The summed E-state index contributed by atoms with van der Waals surface area (Å²) in [6.07, 6.45) is 1.39. The van der Waals surface area contributed by atoms with Crippen molar-refractivity contribution in [2.75, 3.05) is 13.7 Å². The van der Waals surface area contributed by atoms with E-state index in [2.05, 4.69) is 10.1 Å². The summed E-state index contributed by atoms with van der Waals surface area (Å²) in [7, 11) is 1.26. The van der Waals surface area contributed by atoms with E-state index in [-0.39, 0.29) is 12.5 Å². The maximum atomic E-state index is 11.5. The van der Waals surface area contributed by atoms with E-state index in [1.807, 2.05) is 18.2 Å². The number of nitrogens with one attached hydrogen (secondary N) is 1. The number of ether oxygens (including phenoxy) is 1. The Labute approximate surface area is 111 Å². The van der Waals surface area contributed by atoms with Gasteiger partial charge in [-0.1, -0.05) is 29.8 Å². The Kier molecular flexibility index (Phi) is 5.39. The molecule has 0 aliphatic heterocycles. The van der Waals surface area contributed by atoms with Gasteiger partial charge in [-0.05, 0) is 24.1 Å². The zero-order valence-corrected chi connectivity index (χ0v) is 11.0. The molecule has 1 N–H and O–H groups in total. The number of hydrogen-bond acceptors (Lipinski definition) is 3. The van der Waals surface area contributed by atoms with Crippen molar-refractivity contribution in [2.24, 2.45) is 0 Å². The molecule has 1 amide bonds. The van der Waals surface area contributed by atoms with Gasteiger partial charge < -0.3 is 10.1 Å². The van der Waals surface area contributed by atoms with Crippen molar-refractivity contribution in [1.82, 2.24) is 5.32 Å². The molecule has 4 nitrogen and oxygen atoms in total. The Morgan fingerprint density at radius 1 is 1.39 bits per heavy atom. The Bertz CT molecular complexity index is 483. The maximum Gasteiger partial charge on any atom is 0.325 e. The summed E-state index contributed by atoms with van der Waals surface area (Å²) in [5.41, 5.74) is 1.51. The molecular weight excluding hydrogens is 254 g/mol. The van der Waals surface area contributed by atoms with E-state index in [4.69, 9.17) is 11.6 Å². The molecule has 18 heavy (non-hydrogen) atoms. The van der Waals surface area contributed by atoms with Crippen LogP contribution in [0.4, 0.5) is 0 Å². The first-order chi connectivity index (χ1) is 8.54. The van der Waals surface area contributed by atoms with Crippen LogP contribution in [0.5, 0.6) is 0 Å². The summed E-state index contributed by atoms with van der Waals surface area (Å²) >= 11 is 6.01. The fourth-order valence-electron chi connectivity index (χ4n) is 1.34. The van der Waals surface area contributed by atoms with Gasteiger partial charge in [0.2, 0.25) is 5.91 Å². The Balaban J connectivity index is 2.69. The normalized spacial score (nSPS) is 10.9. The Hall–Kier alpha value is -1.81. The van der Waals surface area contributed by atoms with Crippen molar-refractivity contribution in [1.29, 1.82) is 0 Å². The average molecular weight is 268 g/mol. The monoisotopic (exact) mass is 267 g/mol. The molecule has 5 heteroatoms. The van der Waals surface area contributed by atoms with Crippen molar-refractivity contribution >= 4 is 29.1 Å². The molecule has 1 aromatic carbocycles. The molecule has 0 aliphatic carbocycles. The van der Waals surface area contributed by atoms with Crippen LogP contribution in [0.1, 0.15) is 12.5 Å². The molecule has 96 valence electrons. The first-order valence-corrected chi connectivity index (χ1v) is 5.70. The number of carbonyl (C=O) groups is 2. The molecule has 1 aromatic rings. The minimum Gasteiger partial charge on any atom is -0.468 e. The third kappa shape index (κ3) is 4.22. The highest BCUT2D eigenvalue weighted by atomic mass is 35.5. The van der Waals surface area contributed by atoms with Crippen LogP contribution in [0.2, 0.25) is 5.02 Å². The van der Waals surface area contributed by atoms with Gasteiger partial charge in [0.1, 0.15) is 6.54 Å². The predicted octanol–water partition coefficient (Wildman–Crippen LogP) is 2.03. The molecule has 0 aromatic heterocycles. The van der Waals surface area contributed by atoms with Gasteiger partial charge in [0.15, 0.2) is 0 Å². The van der Waals surface area contributed by atoms with E-state index >= 15 is 0 Å². The first-order valence-electron chi connectivity index (χ1n) is 5.32.